The Hall–Kier alpha value is -6.64. The predicted octanol–water partition coefficient (Wildman–Crippen LogP) is 13.2. The molecule has 2 heteroatoms. The van der Waals surface area contributed by atoms with Gasteiger partial charge in [0.05, 0.1) is 0 Å². The summed E-state index contributed by atoms with van der Waals surface area (Å²) in [4.78, 5) is 2.72. The summed E-state index contributed by atoms with van der Waals surface area (Å²) in [7, 11) is 0. The minimum absolute atomic E-state index is 0.0408. The van der Waals surface area contributed by atoms with Gasteiger partial charge in [-0.1, -0.05) is 172 Å². The Morgan fingerprint density at radius 3 is 1.88 bits per heavy atom. The van der Waals surface area contributed by atoms with Gasteiger partial charge in [0.2, 0.25) is 0 Å². The van der Waals surface area contributed by atoms with E-state index in [9.17, 15) is 0 Å². The van der Waals surface area contributed by atoms with Crippen molar-refractivity contribution >= 4 is 50.7 Å². The highest BCUT2D eigenvalue weighted by Gasteiger charge is 2.48. The van der Waals surface area contributed by atoms with Crippen LogP contribution < -0.4 is 15.7 Å². The number of benzene rings is 9. The molecule has 0 saturated heterocycles. The molecule has 274 valence electrons. The second-order valence-electron chi connectivity index (χ2n) is 17.6. The third-order valence-corrected chi connectivity index (χ3v) is 13.3. The lowest BCUT2D eigenvalue weighted by Crippen LogP contribution is -2.62. The van der Waals surface area contributed by atoms with Crippen LogP contribution in [-0.2, 0) is 11.8 Å². The van der Waals surface area contributed by atoms with Crippen LogP contribution in [0.5, 0.6) is 0 Å². The average molecular weight is 740 g/mol. The second kappa shape index (κ2) is 12.4. The molecule has 2 heterocycles. The number of anilines is 2. The Morgan fingerprint density at radius 2 is 1.14 bits per heavy atom. The maximum Gasteiger partial charge on any atom is 0.329 e. The van der Waals surface area contributed by atoms with Crippen molar-refractivity contribution in [3.05, 3.63) is 204 Å². The molecule has 0 saturated carbocycles. The van der Waals surface area contributed by atoms with Gasteiger partial charge in [-0.2, -0.15) is 0 Å². The van der Waals surface area contributed by atoms with Crippen molar-refractivity contribution in [2.75, 3.05) is 4.81 Å². The standard InChI is InChI=1S/C56H42BN/c1-56(2,3)42-25-27-43(28-26-42)58-55-45-21-13-10-18-37(45)24-29-46(55)49-31-39-19-11-12-20-44(39)53-50-32-40-23-22-38(35-14-6-4-7-15-35)30-47(40)48-33-41(36-16-8-5-9-17-36)34-51(52(48)50)57(58)54(49)53/h4-31,33-34,50H,32H2,1-3H3. The predicted molar refractivity (Wildman–Crippen MR) is 247 cm³/mol. The highest BCUT2D eigenvalue weighted by atomic mass is 15.1. The Balaban J connectivity index is 1.23. The fourth-order valence-corrected chi connectivity index (χ4v) is 10.7. The van der Waals surface area contributed by atoms with Crippen LogP contribution in [0.3, 0.4) is 0 Å². The fraction of sp³-hybridized carbons (Fsp3) is 0.107. The molecular weight excluding hydrogens is 697 g/mol. The molecule has 3 aliphatic rings. The van der Waals surface area contributed by atoms with Gasteiger partial charge in [0.1, 0.15) is 0 Å². The summed E-state index contributed by atoms with van der Waals surface area (Å²) < 4.78 is 0. The summed E-state index contributed by atoms with van der Waals surface area (Å²) in [5.74, 6) is 0.216. The molecule has 58 heavy (non-hydrogen) atoms. The molecule has 1 atom stereocenters. The monoisotopic (exact) mass is 739 g/mol. The largest absolute Gasteiger partial charge is 0.376 e. The lowest BCUT2D eigenvalue weighted by atomic mass is 9.38. The van der Waals surface area contributed by atoms with Crippen LogP contribution in [0.2, 0.25) is 0 Å². The van der Waals surface area contributed by atoms with Crippen molar-refractivity contribution in [2.24, 2.45) is 0 Å². The van der Waals surface area contributed by atoms with E-state index in [1.54, 1.807) is 0 Å². The molecule has 0 aromatic heterocycles. The van der Waals surface area contributed by atoms with E-state index < -0.39 is 0 Å². The van der Waals surface area contributed by atoms with E-state index in [0.717, 1.165) is 6.42 Å². The number of fused-ring (bicyclic) bond motifs is 10. The topological polar surface area (TPSA) is 3.24 Å². The second-order valence-corrected chi connectivity index (χ2v) is 17.6. The first-order valence-electron chi connectivity index (χ1n) is 20.8. The van der Waals surface area contributed by atoms with Gasteiger partial charge in [0.25, 0.3) is 0 Å². The number of hydrogen-bond acceptors (Lipinski definition) is 1. The zero-order valence-corrected chi connectivity index (χ0v) is 33.1. The highest BCUT2D eigenvalue weighted by molar-refractivity contribution is 6.92. The first-order valence-corrected chi connectivity index (χ1v) is 20.8. The van der Waals surface area contributed by atoms with Gasteiger partial charge in [-0.05, 0) is 130 Å². The number of hydrogen-bond donors (Lipinski definition) is 0. The zero-order valence-electron chi connectivity index (χ0n) is 33.1. The van der Waals surface area contributed by atoms with Crippen molar-refractivity contribution < 1.29 is 0 Å². The van der Waals surface area contributed by atoms with E-state index in [2.05, 4.69) is 208 Å². The molecule has 9 aromatic rings. The molecule has 1 aliphatic carbocycles. The lowest BCUT2D eigenvalue weighted by Gasteiger charge is -2.47. The number of rotatable bonds is 3. The smallest absolute Gasteiger partial charge is 0.329 e. The summed E-state index contributed by atoms with van der Waals surface area (Å²) in [6.45, 7) is 6.88. The van der Waals surface area contributed by atoms with E-state index in [1.165, 1.54) is 111 Å². The molecule has 2 aliphatic heterocycles. The van der Waals surface area contributed by atoms with E-state index in [0.29, 0.717) is 0 Å². The minimum Gasteiger partial charge on any atom is -0.376 e. The summed E-state index contributed by atoms with van der Waals surface area (Å²) >= 11 is 0. The normalized spacial score (nSPS) is 14.8. The van der Waals surface area contributed by atoms with Gasteiger partial charge in [0, 0.05) is 28.2 Å². The van der Waals surface area contributed by atoms with E-state index in [1.807, 2.05) is 0 Å². The van der Waals surface area contributed by atoms with Crippen LogP contribution in [0, 0.1) is 0 Å². The van der Waals surface area contributed by atoms with Crippen molar-refractivity contribution in [3.63, 3.8) is 0 Å². The molecule has 0 bridgehead atoms. The molecule has 0 radical (unpaired) electrons. The SMILES string of the molecule is CC(C)(C)c1ccc(N2B3c4cc(-c5ccccc5)cc5c4C(Cc4ccc(-c6ccccc6)cc4-5)c4c3c(cc3ccccc43)-c3ccc4ccccc4c32)cc1. The Morgan fingerprint density at radius 1 is 0.483 bits per heavy atom. The van der Waals surface area contributed by atoms with Crippen LogP contribution in [0.25, 0.3) is 66.1 Å². The van der Waals surface area contributed by atoms with Crippen LogP contribution in [0.15, 0.2) is 182 Å². The van der Waals surface area contributed by atoms with Gasteiger partial charge in [0.15, 0.2) is 0 Å². The van der Waals surface area contributed by atoms with Crippen molar-refractivity contribution in [1.82, 2.24) is 0 Å². The van der Waals surface area contributed by atoms with Crippen LogP contribution in [0.4, 0.5) is 11.4 Å². The van der Waals surface area contributed by atoms with Crippen molar-refractivity contribution in [2.45, 2.75) is 38.5 Å². The number of nitrogens with zero attached hydrogens (tertiary/aromatic N) is 1. The van der Waals surface area contributed by atoms with Crippen LogP contribution >= 0.6 is 0 Å². The average Bonchev–Trinajstić information content (AvgIpc) is 3.27. The summed E-state index contributed by atoms with van der Waals surface area (Å²) in [6.07, 6.45) is 0.965. The van der Waals surface area contributed by atoms with Gasteiger partial charge < -0.3 is 4.81 Å². The Bertz CT molecular complexity index is 3120. The quantitative estimate of drug-likeness (QED) is 0.163. The Kier molecular flexibility index (Phi) is 7.18. The van der Waals surface area contributed by atoms with Crippen molar-refractivity contribution in [3.8, 4) is 44.5 Å². The fourth-order valence-electron chi connectivity index (χ4n) is 10.7. The third-order valence-electron chi connectivity index (χ3n) is 13.3. The van der Waals surface area contributed by atoms with Crippen LogP contribution in [-0.4, -0.2) is 6.85 Å². The third kappa shape index (κ3) is 4.91. The van der Waals surface area contributed by atoms with Crippen LogP contribution in [0.1, 0.15) is 48.9 Å². The highest BCUT2D eigenvalue weighted by Crippen LogP contribution is 2.53. The summed E-state index contributed by atoms with van der Waals surface area (Å²) in [5, 5.41) is 5.23. The van der Waals surface area contributed by atoms with Gasteiger partial charge >= 0.3 is 6.85 Å². The maximum absolute atomic E-state index is 2.72. The molecule has 0 fully saturated rings. The Labute approximate surface area is 341 Å². The summed E-state index contributed by atoms with van der Waals surface area (Å²) in [6, 6.07) is 69.1. The maximum atomic E-state index is 2.72. The first-order chi connectivity index (χ1) is 28.4. The molecule has 12 rings (SSSR count). The molecular formula is C56H42BN. The zero-order chi connectivity index (χ0) is 38.7. The molecule has 9 aromatic carbocycles. The minimum atomic E-state index is -0.0408. The molecule has 1 nitrogen and oxygen atoms in total. The van der Waals surface area contributed by atoms with Gasteiger partial charge in [-0.25, -0.2) is 0 Å². The summed E-state index contributed by atoms with van der Waals surface area (Å²) in [5.41, 5.74) is 21.6. The van der Waals surface area contributed by atoms with E-state index in [4.69, 9.17) is 0 Å². The first kappa shape index (κ1) is 33.5. The molecule has 0 N–H and O–H groups in total. The van der Waals surface area contributed by atoms with E-state index in [-0.39, 0.29) is 18.2 Å². The van der Waals surface area contributed by atoms with Crippen molar-refractivity contribution in [1.29, 1.82) is 0 Å². The van der Waals surface area contributed by atoms with Gasteiger partial charge in [-0.3, -0.25) is 0 Å². The molecule has 1 unspecified atom stereocenters. The van der Waals surface area contributed by atoms with Gasteiger partial charge in [-0.15, -0.1) is 0 Å². The lowest BCUT2D eigenvalue weighted by molar-refractivity contribution is 0.590. The molecule has 0 amide bonds. The molecule has 0 spiro atoms. The van der Waals surface area contributed by atoms with E-state index >= 15 is 0 Å².